The van der Waals surface area contributed by atoms with Gasteiger partial charge in [0.25, 0.3) is 0 Å². The normalized spacial score (nSPS) is 17.6. The van der Waals surface area contributed by atoms with Gasteiger partial charge in [0.05, 0.1) is 19.6 Å². The van der Waals surface area contributed by atoms with Gasteiger partial charge in [-0.05, 0) is 6.42 Å². The van der Waals surface area contributed by atoms with Crippen molar-refractivity contribution in [3.8, 4) is 0 Å². The fourth-order valence-electron chi connectivity index (χ4n) is 1.83. The maximum atomic E-state index is 11.5. The first-order chi connectivity index (χ1) is 8.58. The van der Waals surface area contributed by atoms with E-state index in [1.165, 1.54) is 0 Å². The van der Waals surface area contributed by atoms with Crippen molar-refractivity contribution in [3.05, 3.63) is 6.92 Å². The Kier molecular flexibility index (Phi) is 6.07. The molecule has 1 radical (unpaired) electrons. The topological polar surface area (TPSA) is 84.9 Å². The number of amides is 1. The van der Waals surface area contributed by atoms with Crippen LogP contribution in [-0.2, 0) is 19.1 Å². The molecule has 0 aromatic carbocycles. The first kappa shape index (κ1) is 14.9. The zero-order valence-corrected chi connectivity index (χ0v) is 10.4. The fraction of sp³-hybridized carbons (Fsp3) is 0.750. The number of hydrogen-bond acceptors (Lipinski definition) is 4. The molecule has 0 aliphatic carbocycles. The molecule has 1 aliphatic heterocycles. The van der Waals surface area contributed by atoms with Crippen molar-refractivity contribution < 1.29 is 24.2 Å². The number of aliphatic carboxylic acids is 1. The van der Waals surface area contributed by atoms with Gasteiger partial charge in [-0.1, -0.05) is 6.92 Å². The van der Waals surface area contributed by atoms with Gasteiger partial charge >= 0.3 is 5.97 Å². The molecular formula is C12H20NO5. The Hall–Kier alpha value is -1.14. The Bertz CT molecular complexity index is 286. The van der Waals surface area contributed by atoms with Crippen LogP contribution < -0.4 is 5.32 Å². The SMILES string of the molecule is [CH2]CCNC(=O)CCC1(CCC(=O)O)OCCO1. The summed E-state index contributed by atoms with van der Waals surface area (Å²) in [6.45, 7) is 5.06. The first-order valence-electron chi connectivity index (χ1n) is 6.14. The molecule has 0 unspecified atom stereocenters. The lowest BCUT2D eigenvalue weighted by atomic mass is 10.0. The van der Waals surface area contributed by atoms with Crippen molar-refractivity contribution in [3.63, 3.8) is 0 Å². The standard InChI is InChI=1S/C12H20NO5/c1-2-7-13-10(14)3-5-12(6-4-11(15)16)17-8-9-18-12/h1-9H2,(H,13,14)(H,15,16). The number of carboxylic acids is 1. The molecule has 18 heavy (non-hydrogen) atoms. The fourth-order valence-corrected chi connectivity index (χ4v) is 1.83. The van der Waals surface area contributed by atoms with E-state index in [2.05, 4.69) is 12.2 Å². The summed E-state index contributed by atoms with van der Waals surface area (Å²) in [5.41, 5.74) is 0. The summed E-state index contributed by atoms with van der Waals surface area (Å²) >= 11 is 0. The van der Waals surface area contributed by atoms with Crippen LogP contribution in [0.1, 0.15) is 32.1 Å². The van der Waals surface area contributed by atoms with E-state index >= 15 is 0 Å². The lowest BCUT2D eigenvalue weighted by Gasteiger charge is -2.26. The largest absolute Gasteiger partial charge is 0.481 e. The van der Waals surface area contributed by atoms with Crippen LogP contribution in [0.25, 0.3) is 0 Å². The summed E-state index contributed by atoms with van der Waals surface area (Å²) in [6.07, 6.45) is 1.53. The van der Waals surface area contributed by atoms with Crippen LogP contribution in [0.15, 0.2) is 0 Å². The molecule has 0 saturated carbocycles. The smallest absolute Gasteiger partial charge is 0.303 e. The second-order valence-electron chi connectivity index (χ2n) is 4.20. The minimum Gasteiger partial charge on any atom is -0.481 e. The molecule has 0 spiro atoms. The van der Waals surface area contributed by atoms with E-state index in [-0.39, 0.29) is 25.2 Å². The summed E-state index contributed by atoms with van der Waals surface area (Å²) < 4.78 is 10.9. The number of hydrogen-bond donors (Lipinski definition) is 2. The molecule has 6 heteroatoms. The van der Waals surface area contributed by atoms with Gasteiger partial charge in [-0.15, -0.1) is 0 Å². The van der Waals surface area contributed by atoms with E-state index in [1.54, 1.807) is 0 Å². The molecule has 1 fully saturated rings. The van der Waals surface area contributed by atoms with Crippen LogP contribution >= 0.6 is 0 Å². The van der Waals surface area contributed by atoms with Crippen LogP contribution in [0, 0.1) is 6.92 Å². The minimum atomic E-state index is -0.903. The molecule has 1 rings (SSSR count). The molecule has 1 aliphatic rings. The van der Waals surface area contributed by atoms with E-state index in [9.17, 15) is 9.59 Å². The highest BCUT2D eigenvalue weighted by molar-refractivity contribution is 5.75. The van der Waals surface area contributed by atoms with Crippen molar-refractivity contribution in [2.75, 3.05) is 19.8 Å². The lowest BCUT2D eigenvalue weighted by Crippen LogP contribution is -2.34. The quantitative estimate of drug-likeness (QED) is 0.670. The molecule has 6 nitrogen and oxygen atoms in total. The average molecular weight is 258 g/mol. The Labute approximate surface area is 107 Å². The van der Waals surface area contributed by atoms with Crippen molar-refractivity contribution in [2.45, 2.75) is 37.9 Å². The van der Waals surface area contributed by atoms with E-state index in [1.807, 2.05) is 0 Å². The highest BCUT2D eigenvalue weighted by atomic mass is 16.7. The number of ether oxygens (including phenoxy) is 2. The lowest BCUT2D eigenvalue weighted by molar-refractivity contribution is -0.174. The van der Waals surface area contributed by atoms with E-state index in [4.69, 9.17) is 14.6 Å². The monoisotopic (exact) mass is 258 g/mol. The Morgan fingerprint density at radius 3 is 2.39 bits per heavy atom. The van der Waals surface area contributed by atoms with Crippen LogP contribution in [0.2, 0.25) is 0 Å². The predicted molar refractivity (Wildman–Crippen MR) is 63.7 cm³/mol. The maximum Gasteiger partial charge on any atom is 0.303 e. The van der Waals surface area contributed by atoms with E-state index in [0.29, 0.717) is 32.6 Å². The molecule has 1 amide bonds. The second kappa shape index (κ2) is 7.33. The first-order valence-corrected chi connectivity index (χ1v) is 6.14. The molecule has 1 saturated heterocycles. The molecule has 0 aromatic heterocycles. The molecule has 0 atom stereocenters. The molecule has 103 valence electrons. The third-order valence-electron chi connectivity index (χ3n) is 2.77. The van der Waals surface area contributed by atoms with Gasteiger partial charge in [-0.25, -0.2) is 0 Å². The third kappa shape index (κ3) is 5.01. The highest BCUT2D eigenvalue weighted by Crippen LogP contribution is 2.29. The van der Waals surface area contributed by atoms with E-state index in [0.717, 1.165) is 0 Å². The Morgan fingerprint density at radius 1 is 1.22 bits per heavy atom. The van der Waals surface area contributed by atoms with Crippen molar-refractivity contribution >= 4 is 11.9 Å². The molecule has 2 N–H and O–H groups in total. The highest BCUT2D eigenvalue weighted by Gasteiger charge is 2.36. The van der Waals surface area contributed by atoms with Gasteiger partial charge < -0.3 is 19.9 Å². The maximum absolute atomic E-state index is 11.5. The van der Waals surface area contributed by atoms with Gasteiger partial charge in [-0.2, -0.15) is 0 Å². The molecule has 0 bridgehead atoms. The number of carbonyl (C=O) groups excluding carboxylic acids is 1. The van der Waals surface area contributed by atoms with Crippen LogP contribution in [-0.4, -0.2) is 42.5 Å². The summed E-state index contributed by atoms with van der Waals surface area (Å²) in [7, 11) is 0. The van der Waals surface area contributed by atoms with Crippen molar-refractivity contribution in [1.82, 2.24) is 5.32 Å². The zero-order chi connectivity index (χ0) is 13.4. The number of carboxylic acid groups (broad SMARTS) is 1. The molecule has 1 heterocycles. The van der Waals surface area contributed by atoms with Crippen molar-refractivity contribution in [2.24, 2.45) is 0 Å². The summed E-state index contributed by atoms with van der Waals surface area (Å²) in [4.78, 5) is 22.1. The molecular weight excluding hydrogens is 238 g/mol. The van der Waals surface area contributed by atoms with Crippen LogP contribution in [0.5, 0.6) is 0 Å². The van der Waals surface area contributed by atoms with Gasteiger partial charge in [0.2, 0.25) is 5.91 Å². The molecule has 0 aromatic rings. The summed E-state index contributed by atoms with van der Waals surface area (Å²) in [6, 6.07) is 0. The Morgan fingerprint density at radius 2 is 1.83 bits per heavy atom. The Balaban J connectivity index is 2.37. The average Bonchev–Trinajstić information content (AvgIpc) is 2.81. The number of carbonyl (C=O) groups is 2. The minimum absolute atomic E-state index is 0.0273. The number of rotatable bonds is 8. The van der Waals surface area contributed by atoms with Gasteiger partial charge in [-0.3, -0.25) is 9.59 Å². The van der Waals surface area contributed by atoms with E-state index < -0.39 is 11.8 Å². The van der Waals surface area contributed by atoms with Crippen molar-refractivity contribution in [1.29, 1.82) is 0 Å². The predicted octanol–water partition coefficient (Wildman–Crippen LogP) is 0.715. The van der Waals surface area contributed by atoms with Gasteiger partial charge in [0, 0.05) is 25.8 Å². The van der Waals surface area contributed by atoms with Crippen LogP contribution in [0.3, 0.4) is 0 Å². The van der Waals surface area contributed by atoms with Crippen LogP contribution in [0.4, 0.5) is 0 Å². The summed E-state index contributed by atoms with van der Waals surface area (Å²) in [5.74, 6) is -1.89. The van der Waals surface area contributed by atoms with Gasteiger partial charge in [0.1, 0.15) is 0 Å². The second-order valence-corrected chi connectivity index (χ2v) is 4.20. The number of nitrogens with one attached hydrogen (secondary N) is 1. The third-order valence-corrected chi connectivity index (χ3v) is 2.77. The van der Waals surface area contributed by atoms with Gasteiger partial charge in [0.15, 0.2) is 5.79 Å². The summed E-state index contributed by atoms with van der Waals surface area (Å²) in [5, 5.41) is 11.4. The zero-order valence-electron chi connectivity index (χ0n) is 10.4.